The molecule has 0 unspecified atom stereocenters. The van der Waals surface area contributed by atoms with E-state index in [0.29, 0.717) is 19.5 Å². The number of nitrogens with zero attached hydrogens (tertiary/aromatic N) is 2. The molecule has 1 amide bonds. The first-order valence-corrected chi connectivity index (χ1v) is 5.08. The van der Waals surface area contributed by atoms with Gasteiger partial charge in [-0.15, -0.1) is 0 Å². The predicted molar refractivity (Wildman–Crippen MR) is 59.2 cm³/mol. The van der Waals surface area contributed by atoms with Crippen LogP contribution in [-0.2, 0) is 11.2 Å². The Kier molecular flexibility index (Phi) is 4.77. The van der Waals surface area contributed by atoms with Gasteiger partial charge in [-0.3, -0.25) is 9.78 Å². The third-order valence-electron chi connectivity index (χ3n) is 2.18. The molecular weight excluding hydrogens is 190 g/mol. The molecule has 15 heavy (non-hydrogen) atoms. The molecule has 0 aliphatic rings. The molecule has 1 rings (SSSR count). The van der Waals surface area contributed by atoms with Gasteiger partial charge in [0.25, 0.3) is 0 Å². The van der Waals surface area contributed by atoms with E-state index in [-0.39, 0.29) is 5.91 Å². The Hall–Kier alpha value is -1.42. The summed E-state index contributed by atoms with van der Waals surface area (Å²) in [7, 11) is 1.79. The molecule has 1 heterocycles. The Morgan fingerprint density at radius 1 is 1.53 bits per heavy atom. The monoisotopic (exact) mass is 207 g/mol. The van der Waals surface area contributed by atoms with Crippen molar-refractivity contribution < 1.29 is 4.79 Å². The summed E-state index contributed by atoms with van der Waals surface area (Å²) in [6.07, 6.45) is 2.90. The van der Waals surface area contributed by atoms with Gasteiger partial charge in [0.2, 0.25) is 5.91 Å². The van der Waals surface area contributed by atoms with Crippen molar-refractivity contribution in [1.82, 2.24) is 9.88 Å². The summed E-state index contributed by atoms with van der Waals surface area (Å²) in [5.41, 5.74) is 6.19. The van der Waals surface area contributed by atoms with Gasteiger partial charge in [0, 0.05) is 25.5 Å². The van der Waals surface area contributed by atoms with Gasteiger partial charge in [-0.25, -0.2) is 0 Å². The van der Waals surface area contributed by atoms with Crippen LogP contribution >= 0.6 is 0 Å². The molecule has 0 saturated heterocycles. The highest BCUT2D eigenvalue weighted by molar-refractivity contribution is 5.77. The Labute approximate surface area is 90.1 Å². The zero-order valence-corrected chi connectivity index (χ0v) is 9.02. The molecular formula is C11H17N3O. The average molecular weight is 207 g/mol. The third kappa shape index (κ3) is 4.08. The van der Waals surface area contributed by atoms with E-state index in [4.69, 9.17) is 5.73 Å². The predicted octanol–water partition coefficient (Wildman–Crippen LogP) is 0.431. The van der Waals surface area contributed by atoms with Crippen molar-refractivity contribution in [2.75, 3.05) is 20.1 Å². The Balaban J connectivity index is 2.42. The van der Waals surface area contributed by atoms with Crippen LogP contribution in [0.4, 0.5) is 0 Å². The molecule has 4 nitrogen and oxygen atoms in total. The van der Waals surface area contributed by atoms with Gasteiger partial charge in [0.15, 0.2) is 0 Å². The normalized spacial score (nSPS) is 10.0. The standard InChI is InChI=1S/C11H17N3O/c1-14(8-4-6-12)11(15)9-10-5-2-3-7-13-10/h2-3,5,7H,4,6,8-9,12H2,1H3. The lowest BCUT2D eigenvalue weighted by Crippen LogP contribution is -2.30. The summed E-state index contributed by atoms with van der Waals surface area (Å²) in [5.74, 6) is 0.0853. The molecule has 0 atom stereocenters. The fourth-order valence-corrected chi connectivity index (χ4v) is 1.25. The second-order valence-corrected chi connectivity index (χ2v) is 3.46. The minimum atomic E-state index is 0.0853. The molecule has 82 valence electrons. The number of hydrogen-bond acceptors (Lipinski definition) is 3. The molecule has 2 N–H and O–H groups in total. The van der Waals surface area contributed by atoms with Crippen molar-refractivity contribution in [3.8, 4) is 0 Å². The van der Waals surface area contributed by atoms with Crippen LogP contribution in [-0.4, -0.2) is 35.9 Å². The first-order chi connectivity index (χ1) is 7.24. The number of nitrogens with two attached hydrogens (primary N) is 1. The Morgan fingerprint density at radius 3 is 2.93 bits per heavy atom. The summed E-state index contributed by atoms with van der Waals surface area (Å²) in [6.45, 7) is 1.32. The van der Waals surface area contributed by atoms with Crippen LogP contribution in [0, 0.1) is 0 Å². The molecule has 0 fully saturated rings. The number of hydrogen-bond donors (Lipinski definition) is 1. The summed E-state index contributed by atoms with van der Waals surface area (Å²) in [4.78, 5) is 17.5. The molecule has 0 aliphatic carbocycles. The van der Waals surface area contributed by atoms with E-state index in [1.54, 1.807) is 18.1 Å². The van der Waals surface area contributed by atoms with Gasteiger partial charge in [0.1, 0.15) is 0 Å². The number of carbonyl (C=O) groups is 1. The van der Waals surface area contributed by atoms with Crippen LogP contribution in [0.5, 0.6) is 0 Å². The van der Waals surface area contributed by atoms with Crippen LogP contribution in [0.2, 0.25) is 0 Å². The van der Waals surface area contributed by atoms with Gasteiger partial charge in [-0.2, -0.15) is 0 Å². The Morgan fingerprint density at radius 2 is 2.33 bits per heavy atom. The van der Waals surface area contributed by atoms with Crippen molar-refractivity contribution >= 4 is 5.91 Å². The summed E-state index contributed by atoms with van der Waals surface area (Å²) in [5, 5.41) is 0. The van der Waals surface area contributed by atoms with E-state index in [0.717, 1.165) is 12.1 Å². The topological polar surface area (TPSA) is 59.2 Å². The lowest BCUT2D eigenvalue weighted by atomic mass is 10.2. The van der Waals surface area contributed by atoms with Gasteiger partial charge >= 0.3 is 0 Å². The van der Waals surface area contributed by atoms with Gasteiger partial charge in [-0.1, -0.05) is 6.07 Å². The zero-order valence-electron chi connectivity index (χ0n) is 9.02. The number of pyridine rings is 1. The number of rotatable bonds is 5. The highest BCUT2D eigenvalue weighted by Crippen LogP contribution is 1.98. The molecule has 0 radical (unpaired) electrons. The van der Waals surface area contributed by atoms with Crippen molar-refractivity contribution in [1.29, 1.82) is 0 Å². The first kappa shape index (κ1) is 11.7. The molecule has 0 spiro atoms. The molecule has 1 aromatic rings. The number of aromatic nitrogens is 1. The van der Waals surface area contributed by atoms with Crippen LogP contribution in [0.3, 0.4) is 0 Å². The van der Waals surface area contributed by atoms with Gasteiger partial charge in [0.05, 0.1) is 6.42 Å². The first-order valence-electron chi connectivity index (χ1n) is 5.08. The van der Waals surface area contributed by atoms with Gasteiger partial charge < -0.3 is 10.6 Å². The highest BCUT2D eigenvalue weighted by Gasteiger charge is 2.09. The van der Waals surface area contributed by atoms with E-state index >= 15 is 0 Å². The second-order valence-electron chi connectivity index (χ2n) is 3.46. The molecule has 0 bridgehead atoms. The van der Waals surface area contributed by atoms with Crippen LogP contribution in [0.25, 0.3) is 0 Å². The molecule has 4 heteroatoms. The zero-order chi connectivity index (χ0) is 11.1. The lowest BCUT2D eigenvalue weighted by molar-refractivity contribution is -0.129. The minimum absolute atomic E-state index is 0.0853. The summed E-state index contributed by atoms with van der Waals surface area (Å²) in [6, 6.07) is 5.58. The van der Waals surface area contributed by atoms with Crippen LogP contribution < -0.4 is 5.73 Å². The van der Waals surface area contributed by atoms with E-state index in [1.807, 2.05) is 18.2 Å². The van der Waals surface area contributed by atoms with E-state index in [1.165, 1.54) is 0 Å². The average Bonchev–Trinajstić information content (AvgIpc) is 2.27. The number of likely N-dealkylation sites (N-methyl/N-ethyl adjacent to an activating group) is 1. The fraction of sp³-hybridized carbons (Fsp3) is 0.455. The van der Waals surface area contributed by atoms with Crippen LogP contribution in [0.1, 0.15) is 12.1 Å². The molecule has 0 saturated carbocycles. The maximum atomic E-state index is 11.7. The Bertz CT molecular complexity index is 300. The van der Waals surface area contributed by atoms with Crippen molar-refractivity contribution in [2.45, 2.75) is 12.8 Å². The molecule has 1 aromatic heterocycles. The summed E-state index contributed by atoms with van der Waals surface area (Å²) < 4.78 is 0. The fourth-order valence-electron chi connectivity index (χ4n) is 1.25. The lowest BCUT2D eigenvalue weighted by Gasteiger charge is -2.16. The minimum Gasteiger partial charge on any atom is -0.345 e. The second kappa shape index (κ2) is 6.14. The molecule has 0 aromatic carbocycles. The summed E-state index contributed by atoms with van der Waals surface area (Å²) >= 11 is 0. The van der Waals surface area contributed by atoms with Gasteiger partial charge in [-0.05, 0) is 25.1 Å². The van der Waals surface area contributed by atoms with E-state index in [9.17, 15) is 4.79 Å². The maximum absolute atomic E-state index is 11.7. The van der Waals surface area contributed by atoms with E-state index < -0.39 is 0 Å². The van der Waals surface area contributed by atoms with Crippen LogP contribution in [0.15, 0.2) is 24.4 Å². The largest absolute Gasteiger partial charge is 0.345 e. The van der Waals surface area contributed by atoms with Crippen molar-refractivity contribution in [2.24, 2.45) is 5.73 Å². The smallest absolute Gasteiger partial charge is 0.228 e. The van der Waals surface area contributed by atoms with Crippen molar-refractivity contribution in [3.05, 3.63) is 30.1 Å². The third-order valence-corrected chi connectivity index (χ3v) is 2.18. The number of carbonyl (C=O) groups excluding carboxylic acids is 1. The quantitative estimate of drug-likeness (QED) is 0.761. The maximum Gasteiger partial charge on any atom is 0.228 e. The SMILES string of the molecule is CN(CCCN)C(=O)Cc1ccccn1. The molecule has 0 aliphatic heterocycles. The highest BCUT2D eigenvalue weighted by atomic mass is 16.2. The van der Waals surface area contributed by atoms with E-state index in [2.05, 4.69) is 4.98 Å². The van der Waals surface area contributed by atoms with Crippen molar-refractivity contribution in [3.63, 3.8) is 0 Å². The number of amides is 1.